The zero-order chi connectivity index (χ0) is 18.2. The molecule has 0 radical (unpaired) electrons. The molecule has 10 heteroatoms. The van der Waals surface area contributed by atoms with Gasteiger partial charge in [0.15, 0.2) is 0 Å². The van der Waals surface area contributed by atoms with Crippen LogP contribution in [0.1, 0.15) is 18.9 Å². The predicted octanol–water partition coefficient (Wildman–Crippen LogP) is -0.0906. The van der Waals surface area contributed by atoms with Gasteiger partial charge >= 0.3 is 0 Å². The topological polar surface area (TPSA) is 104 Å². The van der Waals surface area contributed by atoms with Crippen LogP contribution in [0, 0.1) is 0 Å². The number of benzene rings is 1. The van der Waals surface area contributed by atoms with Crippen LogP contribution in [0.3, 0.4) is 0 Å². The molecular formula is C15H21N3O5S2. The Bertz CT molecular complexity index is 896. The molecule has 0 aromatic heterocycles. The van der Waals surface area contributed by atoms with Crippen molar-refractivity contribution in [3.63, 3.8) is 0 Å². The molecule has 2 heterocycles. The number of fused-ring (bicyclic) bond motifs is 1. The number of amides is 1. The number of sulfonamides is 2. The number of nitrogens with zero attached hydrogens (tertiary/aromatic N) is 2. The Morgan fingerprint density at radius 1 is 1.20 bits per heavy atom. The summed E-state index contributed by atoms with van der Waals surface area (Å²) in [5.74, 6) is -0.392. The van der Waals surface area contributed by atoms with Gasteiger partial charge in [-0.25, -0.2) is 21.6 Å². The minimum atomic E-state index is -3.83. The minimum Gasteiger partial charge on any atom is -0.312 e. The lowest BCUT2D eigenvalue weighted by Crippen LogP contribution is -2.36. The third-order valence-electron chi connectivity index (χ3n) is 4.49. The summed E-state index contributed by atoms with van der Waals surface area (Å²) in [6.07, 6.45) is 1.64. The van der Waals surface area contributed by atoms with Gasteiger partial charge in [-0.2, -0.15) is 4.31 Å². The van der Waals surface area contributed by atoms with E-state index in [9.17, 15) is 21.6 Å². The van der Waals surface area contributed by atoms with Crippen molar-refractivity contribution in [1.82, 2.24) is 9.03 Å². The summed E-state index contributed by atoms with van der Waals surface area (Å²) in [6, 6.07) is 4.80. The number of anilines is 1. The average Bonchev–Trinajstić information content (AvgIpc) is 2.74. The summed E-state index contributed by atoms with van der Waals surface area (Å²) >= 11 is 0. The van der Waals surface area contributed by atoms with Crippen molar-refractivity contribution in [3.05, 3.63) is 23.8 Å². The van der Waals surface area contributed by atoms with Crippen molar-refractivity contribution < 1.29 is 21.6 Å². The number of rotatable bonds is 2. The van der Waals surface area contributed by atoms with E-state index in [-0.39, 0.29) is 36.2 Å². The lowest BCUT2D eigenvalue weighted by molar-refractivity contribution is -0.116. The zero-order valence-corrected chi connectivity index (χ0v) is 15.6. The molecule has 1 N–H and O–H groups in total. The van der Waals surface area contributed by atoms with E-state index in [1.165, 1.54) is 23.4 Å². The quantitative estimate of drug-likeness (QED) is 0.764. The monoisotopic (exact) mass is 387 g/mol. The van der Waals surface area contributed by atoms with E-state index in [2.05, 4.69) is 4.72 Å². The maximum Gasteiger partial charge on any atom is 0.243 e. The molecule has 2 aliphatic rings. The lowest BCUT2D eigenvalue weighted by Gasteiger charge is -2.29. The normalized spacial score (nSPS) is 21.4. The van der Waals surface area contributed by atoms with Gasteiger partial charge in [-0.05, 0) is 30.5 Å². The second kappa shape index (κ2) is 6.67. The van der Waals surface area contributed by atoms with Crippen LogP contribution >= 0.6 is 0 Å². The molecule has 0 spiro atoms. The number of aryl methyl sites for hydroxylation is 1. The molecule has 0 aliphatic carbocycles. The third-order valence-corrected chi connectivity index (χ3v) is 7.74. The van der Waals surface area contributed by atoms with E-state index in [0.29, 0.717) is 12.2 Å². The molecule has 0 atom stereocenters. The Hall–Kier alpha value is -1.49. The highest BCUT2D eigenvalue weighted by molar-refractivity contribution is 7.90. The molecule has 25 heavy (non-hydrogen) atoms. The summed E-state index contributed by atoms with van der Waals surface area (Å²) < 4.78 is 52.6. The van der Waals surface area contributed by atoms with Crippen LogP contribution in [0.25, 0.3) is 0 Å². The first-order chi connectivity index (χ1) is 11.7. The maximum atomic E-state index is 12.9. The van der Waals surface area contributed by atoms with Gasteiger partial charge in [0.05, 0.1) is 10.6 Å². The smallest absolute Gasteiger partial charge is 0.243 e. The number of carbonyl (C=O) groups excluding carboxylic acids is 1. The zero-order valence-electron chi connectivity index (χ0n) is 13.9. The highest BCUT2D eigenvalue weighted by atomic mass is 32.2. The summed E-state index contributed by atoms with van der Waals surface area (Å²) in [6.45, 7) is 2.06. The highest BCUT2D eigenvalue weighted by Crippen LogP contribution is 2.31. The largest absolute Gasteiger partial charge is 0.312 e. The maximum absolute atomic E-state index is 12.9. The molecule has 1 saturated heterocycles. The van der Waals surface area contributed by atoms with Gasteiger partial charge in [0.2, 0.25) is 26.0 Å². The van der Waals surface area contributed by atoms with Crippen LogP contribution in [0.15, 0.2) is 23.1 Å². The summed E-state index contributed by atoms with van der Waals surface area (Å²) in [7, 11) is -7.27. The van der Waals surface area contributed by atoms with Crippen molar-refractivity contribution >= 4 is 31.6 Å². The average molecular weight is 387 g/mol. The summed E-state index contributed by atoms with van der Waals surface area (Å²) in [5, 5.41) is 0. The van der Waals surface area contributed by atoms with Crippen molar-refractivity contribution in [2.24, 2.45) is 0 Å². The molecule has 1 amide bonds. The molecule has 1 aromatic carbocycles. The molecule has 3 rings (SSSR count). The van der Waals surface area contributed by atoms with Gasteiger partial charge in [0, 0.05) is 38.8 Å². The number of hydrogen-bond acceptors (Lipinski definition) is 5. The fraction of sp³-hybridized carbons (Fsp3) is 0.533. The van der Waals surface area contributed by atoms with Gasteiger partial charge in [0.1, 0.15) is 0 Å². The molecule has 1 aromatic rings. The lowest BCUT2D eigenvalue weighted by atomic mass is 10.0. The molecule has 138 valence electrons. The van der Waals surface area contributed by atoms with Crippen molar-refractivity contribution in [2.75, 3.05) is 36.8 Å². The summed E-state index contributed by atoms with van der Waals surface area (Å²) in [4.78, 5) is 13.5. The van der Waals surface area contributed by atoms with E-state index in [4.69, 9.17) is 0 Å². The van der Waals surface area contributed by atoms with E-state index in [1.54, 1.807) is 11.0 Å². The Labute approximate surface area is 147 Å². The molecule has 2 aliphatic heterocycles. The Morgan fingerprint density at radius 3 is 2.68 bits per heavy atom. The number of carbonyl (C=O) groups is 1. The number of hydrogen-bond donors (Lipinski definition) is 1. The van der Waals surface area contributed by atoms with E-state index in [0.717, 1.165) is 18.4 Å². The molecule has 8 nitrogen and oxygen atoms in total. The van der Waals surface area contributed by atoms with Gasteiger partial charge in [-0.15, -0.1) is 0 Å². The fourth-order valence-electron chi connectivity index (χ4n) is 3.16. The van der Waals surface area contributed by atoms with Crippen molar-refractivity contribution in [2.45, 2.75) is 24.7 Å². The highest BCUT2D eigenvalue weighted by Gasteiger charge is 2.30. The molecule has 0 saturated carbocycles. The molecule has 0 bridgehead atoms. The third kappa shape index (κ3) is 3.71. The second-order valence-corrected chi connectivity index (χ2v) is 10.0. The van der Waals surface area contributed by atoms with Gasteiger partial charge in [-0.3, -0.25) is 4.79 Å². The standard InChI is InChI=1S/C15H21N3O5S2/c1-12(19)18-7-2-3-13-4-5-14(11-15(13)18)25(22,23)17-8-6-16-24(20,21)10-9-17/h4-5,11,16H,2-3,6-10H2,1H3. The first-order valence-electron chi connectivity index (χ1n) is 8.09. The van der Waals surface area contributed by atoms with Crippen LogP contribution in [-0.2, 0) is 31.3 Å². The molecule has 1 fully saturated rings. The van der Waals surface area contributed by atoms with E-state index >= 15 is 0 Å². The van der Waals surface area contributed by atoms with E-state index in [1.807, 2.05) is 0 Å². The molecular weight excluding hydrogens is 366 g/mol. The van der Waals surface area contributed by atoms with Gasteiger partial charge < -0.3 is 4.90 Å². The van der Waals surface area contributed by atoms with Crippen LogP contribution < -0.4 is 9.62 Å². The van der Waals surface area contributed by atoms with E-state index < -0.39 is 20.0 Å². The predicted molar refractivity (Wildman–Crippen MR) is 93.3 cm³/mol. The van der Waals surface area contributed by atoms with Crippen LogP contribution in [0.4, 0.5) is 5.69 Å². The minimum absolute atomic E-state index is 0.0477. The molecule has 0 unspecified atom stereocenters. The first-order valence-corrected chi connectivity index (χ1v) is 11.2. The van der Waals surface area contributed by atoms with Crippen LogP contribution in [-0.4, -0.2) is 59.0 Å². The van der Waals surface area contributed by atoms with Crippen molar-refractivity contribution in [1.29, 1.82) is 0 Å². The van der Waals surface area contributed by atoms with Crippen LogP contribution in [0.2, 0.25) is 0 Å². The Morgan fingerprint density at radius 2 is 1.96 bits per heavy atom. The van der Waals surface area contributed by atoms with Gasteiger partial charge in [-0.1, -0.05) is 6.07 Å². The van der Waals surface area contributed by atoms with Gasteiger partial charge in [0.25, 0.3) is 0 Å². The van der Waals surface area contributed by atoms with Crippen molar-refractivity contribution in [3.8, 4) is 0 Å². The Kier molecular flexibility index (Phi) is 4.89. The SMILES string of the molecule is CC(=O)N1CCCc2ccc(S(=O)(=O)N3CCNS(=O)(=O)CC3)cc21. The van der Waals surface area contributed by atoms with Crippen LogP contribution in [0.5, 0.6) is 0 Å². The first kappa shape index (κ1) is 18.3. The fourth-order valence-corrected chi connectivity index (χ4v) is 5.75. The second-order valence-electron chi connectivity index (χ2n) is 6.18. The summed E-state index contributed by atoms with van der Waals surface area (Å²) in [5.41, 5.74) is 1.57. The number of nitrogens with one attached hydrogen (secondary N) is 1. The Balaban J connectivity index is 1.95.